The smallest absolute Gasteiger partial charge is 0.128 e. The first-order valence-corrected chi connectivity index (χ1v) is 13.1. The molecule has 0 amide bonds. The van der Waals surface area contributed by atoms with Crippen molar-refractivity contribution in [2.75, 3.05) is 0 Å². The molecule has 2 aliphatic rings. The molecule has 2 saturated heterocycles. The van der Waals surface area contributed by atoms with Gasteiger partial charge >= 0.3 is 0 Å². The monoisotopic (exact) mass is 450 g/mol. The molecule has 2 fully saturated rings. The Labute approximate surface area is 200 Å². The standard InChI is InChI=1S/C30H42O3/c1-7-27(8-2)29(11-5,32-27)25(23-19-15-13-16-20-23)31-26(24-21-17-14-18-22-24)30(12-6)28(9-3,10-4)33-30/h13-22,25-26H,7-12H2,1-6H3. The topological polar surface area (TPSA) is 34.3 Å². The van der Waals surface area contributed by atoms with E-state index in [1.165, 1.54) is 11.1 Å². The molecular weight excluding hydrogens is 408 g/mol. The summed E-state index contributed by atoms with van der Waals surface area (Å²) in [4.78, 5) is 0. The Bertz CT molecular complexity index is 827. The maximum absolute atomic E-state index is 7.33. The van der Waals surface area contributed by atoms with E-state index < -0.39 is 0 Å². The molecule has 4 unspecified atom stereocenters. The van der Waals surface area contributed by atoms with E-state index in [-0.39, 0.29) is 34.6 Å². The van der Waals surface area contributed by atoms with Crippen molar-refractivity contribution in [1.82, 2.24) is 0 Å². The summed E-state index contributed by atoms with van der Waals surface area (Å²) in [6, 6.07) is 21.4. The molecule has 2 aromatic rings. The molecule has 0 spiro atoms. The molecule has 180 valence electrons. The molecule has 4 rings (SSSR count). The van der Waals surface area contributed by atoms with Gasteiger partial charge in [0.2, 0.25) is 0 Å². The van der Waals surface area contributed by atoms with Crippen molar-refractivity contribution in [3.05, 3.63) is 71.8 Å². The van der Waals surface area contributed by atoms with Gasteiger partial charge in [-0.05, 0) is 49.7 Å². The molecule has 0 saturated carbocycles. The van der Waals surface area contributed by atoms with Gasteiger partial charge < -0.3 is 14.2 Å². The Morgan fingerprint density at radius 1 is 0.545 bits per heavy atom. The average molecular weight is 451 g/mol. The van der Waals surface area contributed by atoms with E-state index in [2.05, 4.69) is 102 Å². The first-order valence-electron chi connectivity index (χ1n) is 13.1. The summed E-state index contributed by atoms with van der Waals surface area (Å²) in [5, 5.41) is 0. The molecule has 2 aromatic carbocycles. The van der Waals surface area contributed by atoms with Gasteiger partial charge in [-0.15, -0.1) is 0 Å². The van der Waals surface area contributed by atoms with Crippen molar-refractivity contribution in [2.45, 2.75) is 115 Å². The van der Waals surface area contributed by atoms with Crippen LogP contribution in [0.4, 0.5) is 0 Å². The highest BCUT2D eigenvalue weighted by Crippen LogP contribution is 2.67. The zero-order valence-corrected chi connectivity index (χ0v) is 21.4. The molecule has 3 nitrogen and oxygen atoms in total. The Balaban J connectivity index is 1.82. The lowest BCUT2D eigenvalue weighted by Gasteiger charge is -2.35. The second-order valence-electron chi connectivity index (χ2n) is 9.81. The largest absolute Gasteiger partial charge is 0.359 e. The second-order valence-corrected chi connectivity index (χ2v) is 9.81. The number of hydrogen-bond acceptors (Lipinski definition) is 3. The third kappa shape index (κ3) is 3.59. The Hall–Kier alpha value is -1.68. The third-order valence-electron chi connectivity index (χ3n) is 8.87. The minimum atomic E-state index is -0.324. The van der Waals surface area contributed by atoms with Gasteiger partial charge in [0.25, 0.3) is 0 Å². The van der Waals surface area contributed by atoms with Crippen LogP contribution in [0.5, 0.6) is 0 Å². The van der Waals surface area contributed by atoms with Gasteiger partial charge in [-0.1, -0.05) is 102 Å². The molecule has 0 radical (unpaired) electrons. The fraction of sp³-hybridized carbons (Fsp3) is 0.600. The summed E-state index contributed by atoms with van der Waals surface area (Å²) in [5.41, 5.74) is 1.45. The van der Waals surface area contributed by atoms with Crippen LogP contribution in [-0.2, 0) is 14.2 Å². The van der Waals surface area contributed by atoms with Gasteiger partial charge in [-0.3, -0.25) is 0 Å². The maximum atomic E-state index is 7.33. The van der Waals surface area contributed by atoms with Gasteiger partial charge in [0.1, 0.15) is 34.6 Å². The highest BCUT2D eigenvalue weighted by Gasteiger charge is 2.74. The van der Waals surface area contributed by atoms with Crippen LogP contribution in [0.25, 0.3) is 0 Å². The Morgan fingerprint density at radius 2 is 0.879 bits per heavy atom. The van der Waals surface area contributed by atoms with E-state index >= 15 is 0 Å². The molecule has 4 atom stereocenters. The molecule has 0 bridgehead atoms. The van der Waals surface area contributed by atoms with Gasteiger partial charge in [-0.2, -0.15) is 0 Å². The van der Waals surface area contributed by atoms with Crippen molar-refractivity contribution >= 4 is 0 Å². The molecule has 33 heavy (non-hydrogen) atoms. The molecule has 3 heteroatoms. The zero-order valence-electron chi connectivity index (χ0n) is 21.4. The highest BCUT2D eigenvalue weighted by atomic mass is 16.7. The summed E-state index contributed by atoms with van der Waals surface area (Å²) in [6.45, 7) is 13.5. The number of rotatable bonds is 12. The van der Waals surface area contributed by atoms with Crippen LogP contribution in [0.3, 0.4) is 0 Å². The van der Waals surface area contributed by atoms with E-state index in [0.29, 0.717) is 0 Å². The van der Waals surface area contributed by atoms with Crippen molar-refractivity contribution in [3.8, 4) is 0 Å². The van der Waals surface area contributed by atoms with Crippen molar-refractivity contribution < 1.29 is 14.2 Å². The first-order chi connectivity index (χ1) is 16.0. The minimum absolute atomic E-state index is 0.139. The summed E-state index contributed by atoms with van der Waals surface area (Å²) < 4.78 is 20.7. The Morgan fingerprint density at radius 3 is 1.12 bits per heavy atom. The molecule has 0 aliphatic carbocycles. The lowest BCUT2D eigenvalue weighted by Crippen LogP contribution is -2.39. The summed E-state index contributed by atoms with van der Waals surface area (Å²) in [7, 11) is 0. The lowest BCUT2D eigenvalue weighted by atomic mass is 9.77. The maximum Gasteiger partial charge on any atom is 0.128 e. The van der Waals surface area contributed by atoms with Gasteiger partial charge in [0, 0.05) is 0 Å². The van der Waals surface area contributed by atoms with Crippen LogP contribution in [0.15, 0.2) is 60.7 Å². The normalized spacial score (nSPS) is 28.8. The molecule has 2 heterocycles. The first kappa shape index (κ1) is 24.4. The summed E-state index contributed by atoms with van der Waals surface area (Å²) in [5.74, 6) is 0. The fourth-order valence-electron chi connectivity index (χ4n) is 6.68. The summed E-state index contributed by atoms with van der Waals surface area (Å²) >= 11 is 0. The Kier molecular flexibility index (Phi) is 6.79. The second kappa shape index (κ2) is 9.17. The molecular formula is C30H42O3. The lowest BCUT2D eigenvalue weighted by molar-refractivity contribution is -0.0927. The van der Waals surface area contributed by atoms with Gasteiger partial charge in [0.15, 0.2) is 0 Å². The van der Waals surface area contributed by atoms with E-state index in [4.69, 9.17) is 14.2 Å². The van der Waals surface area contributed by atoms with Crippen LogP contribution >= 0.6 is 0 Å². The van der Waals surface area contributed by atoms with Crippen molar-refractivity contribution in [2.24, 2.45) is 0 Å². The number of epoxide rings is 2. The van der Waals surface area contributed by atoms with Gasteiger partial charge in [0.05, 0.1) is 0 Å². The quantitative estimate of drug-likeness (QED) is 0.308. The predicted molar refractivity (Wildman–Crippen MR) is 134 cm³/mol. The predicted octanol–water partition coefficient (Wildman–Crippen LogP) is 7.96. The van der Waals surface area contributed by atoms with Crippen LogP contribution in [0, 0.1) is 0 Å². The SMILES string of the molecule is CCC1(CC)OC1(CC)C(OC(c1ccccc1)C1(CC)OC1(CC)CC)c1ccccc1. The highest BCUT2D eigenvalue weighted by molar-refractivity contribution is 5.33. The minimum Gasteiger partial charge on any atom is -0.359 e. The van der Waals surface area contributed by atoms with Crippen molar-refractivity contribution in [3.63, 3.8) is 0 Å². The molecule has 0 N–H and O–H groups in total. The molecule has 2 aliphatic heterocycles. The van der Waals surface area contributed by atoms with Crippen LogP contribution in [-0.4, -0.2) is 22.4 Å². The fourth-order valence-corrected chi connectivity index (χ4v) is 6.68. The zero-order chi connectivity index (χ0) is 23.7. The average Bonchev–Trinajstić information content (AvgIpc) is 3.76. The van der Waals surface area contributed by atoms with E-state index in [9.17, 15) is 0 Å². The van der Waals surface area contributed by atoms with Crippen molar-refractivity contribution in [1.29, 1.82) is 0 Å². The summed E-state index contributed by atoms with van der Waals surface area (Å²) in [6.07, 6.45) is 5.48. The molecule has 0 aromatic heterocycles. The van der Waals surface area contributed by atoms with E-state index in [1.807, 2.05) is 0 Å². The van der Waals surface area contributed by atoms with Crippen LogP contribution in [0.1, 0.15) is 103 Å². The van der Waals surface area contributed by atoms with Crippen LogP contribution in [0.2, 0.25) is 0 Å². The van der Waals surface area contributed by atoms with Gasteiger partial charge in [-0.25, -0.2) is 0 Å². The van der Waals surface area contributed by atoms with E-state index in [1.54, 1.807) is 0 Å². The van der Waals surface area contributed by atoms with Crippen LogP contribution < -0.4 is 0 Å². The number of ether oxygens (including phenoxy) is 3. The number of hydrogen-bond donors (Lipinski definition) is 0. The van der Waals surface area contributed by atoms with E-state index in [0.717, 1.165) is 38.5 Å². The third-order valence-corrected chi connectivity index (χ3v) is 8.87. The number of benzene rings is 2.